The molecule has 1 atom stereocenters. The van der Waals surface area contributed by atoms with Gasteiger partial charge >= 0.3 is 0 Å². The topological polar surface area (TPSA) is 38.0 Å². The van der Waals surface area contributed by atoms with E-state index in [0.29, 0.717) is 5.82 Å². The van der Waals surface area contributed by atoms with Crippen LogP contribution in [0.3, 0.4) is 0 Å². The Hall–Kier alpha value is -2.52. The second-order valence-corrected chi connectivity index (χ2v) is 13.2. The van der Waals surface area contributed by atoms with Gasteiger partial charge in [-0.05, 0) is 54.5 Å². The summed E-state index contributed by atoms with van der Waals surface area (Å²) >= 11 is 6.29. The molecule has 0 spiro atoms. The summed E-state index contributed by atoms with van der Waals surface area (Å²) in [7, 11) is 0. The van der Waals surface area contributed by atoms with Gasteiger partial charge in [0, 0.05) is 6.20 Å². The first-order valence-corrected chi connectivity index (χ1v) is 13.8. The molecule has 5 heteroatoms. The first kappa shape index (κ1) is 21.7. The summed E-state index contributed by atoms with van der Waals surface area (Å²) < 4.78 is 1.89. The van der Waals surface area contributed by atoms with Crippen molar-refractivity contribution in [2.45, 2.75) is 18.7 Å². The summed E-state index contributed by atoms with van der Waals surface area (Å²) in [6, 6.07) is 26.5. The summed E-state index contributed by atoms with van der Waals surface area (Å²) in [6.07, 6.45) is 5.03. The Labute approximate surface area is 189 Å². The molecule has 0 aliphatic heterocycles. The monoisotopic (exact) mass is 446 g/mol. The lowest BCUT2D eigenvalue weighted by atomic mass is 10.2. The van der Waals surface area contributed by atoms with Gasteiger partial charge in [0.25, 0.3) is 0 Å². The van der Waals surface area contributed by atoms with E-state index in [9.17, 15) is 5.11 Å². The fourth-order valence-electron chi connectivity index (χ4n) is 3.93. The summed E-state index contributed by atoms with van der Waals surface area (Å²) in [6.45, 7) is 3.96. The Kier molecular flexibility index (Phi) is 6.82. The lowest BCUT2D eigenvalue weighted by molar-refractivity contribution is 0.251. The largest absolute Gasteiger partial charge is 0.380 e. The molecule has 4 rings (SSSR count). The van der Waals surface area contributed by atoms with E-state index in [4.69, 9.17) is 16.8 Å². The van der Waals surface area contributed by atoms with Crippen LogP contribution in [0.4, 0.5) is 0 Å². The average Bonchev–Trinajstić information content (AvgIpc) is 3.21. The van der Waals surface area contributed by atoms with E-state index >= 15 is 0 Å². The van der Waals surface area contributed by atoms with Crippen LogP contribution in [0, 0.1) is 0 Å². The maximum atomic E-state index is 11.6. The third-order valence-electron chi connectivity index (χ3n) is 5.73. The minimum atomic E-state index is -2.20. The van der Waals surface area contributed by atoms with Gasteiger partial charge < -0.3 is 9.67 Å². The predicted octanol–water partition coefficient (Wildman–Crippen LogP) is 6.09. The molecule has 0 amide bonds. The average molecular weight is 447 g/mol. The second kappa shape index (κ2) is 9.74. The van der Waals surface area contributed by atoms with Gasteiger partial charge in [0.15, 0.2) is 0 Å². The SMILES string of the molecule is C=Cn1c(C(O)P(=S)(CCc2ccccc2)CCc2ccccc2)nc2ccccc21. The number of nitrogens with zero attached hydrogens (tertiary/aromatic N) is 2. The number of imidazole rings is 1. The minimum absolute atomic E-state index is 0.612. The van der Waals surface area contributed by atoms with Gasteiger partial charge in [-0.1, -0.05) is 91.2 Å². The van der Waals surface area contributed by atoms with Crippen LogP contribution in [0.25, 0.3) is 17.2 Å². The highest BCUT2D eigenvalue weighted by Crippen LogP contribution is 2.58. The van der Waals surface area contributed by atoms with E-state index in [1.54, 1.807) is 6.20 Å². The number of aromatic nitrogens is 2. The first-order valence-electron chi connectivity index (χ1n) is 10.5. The summed E-state index contributed by atoms with van der Waals surface area (Å²) in [4.78, 5) is 4.76. The highest BCUT2D eigenvalue weighted by molar-refractivity contribution is 8.14. The van der Waals surface area contributed by atoms with Crippen LogP contribution in [-0.4, -0.2) is 27.0 Å². The molecule has 31 heavy (non-hydrogen) atoms. The number of aliphatic hydroxyl groups excluding tert-OH is 1. The number of fused-ring (bicyclic) bond motifs is 1. The molecule has 0 aliphatic rings. The maximum Gasteiger partial charge on any atom is 0.148 e. The fraction of sp³-hybridized carbons (Fsp3) is 0.192. The number of rotatable bonds is 9. The number of aryl methyl sites for hydroxylation is 2. The van der Waals surface area contributed by atoms with E-state index in [2.05, 4.69) is 55.1 Å². The van der Waals surface area contributed by atoms with Crippen LogP contribution in [0.1, 0.15) is 22.8 Å². The van der Waals surface area contributed by atoms with Crippen molar-refractivity contribution in [3.8, 4) is 0 Å². The van der Waals surface area contributed by atoms with Gasteiger partial charge in [-0.2, -0.15) is 0 Å². The van der Waals surface area contributed by atoms with Crippen molar-refractivity contribution < 1.29 is 5.11 Å². The smallest absolute Gasteiger partial charge is 0.148 e. The molecular weight excluding hydrogens is 419 g/mol. The molecule has 0 radical (unpaired) electrons. The van der Waals surface area contributed by atoms with Crippen LogP contribution in [0.5, 0.6) is 0 Å². The van der Waals surface area contributed by atoms with Crippen molar-refractivity contribution in [1.82, 2.24) is 9.55 Å². The van der Waals surface area contributed by atoms with Gasteiger partial charge in [0.05, 0.1) is 11.0 Å². The Morgan fingerprint density at radius 3 is 1.94 bits per heavy atom. The zero-order valence-corrected chi connectivity index (χ0v) is 19.2. The molecule has 0 fully saturated rings. The maximum absolute atomic E-state index is 11.6. The van der Waals surface area contributed by atoms with Crippen LogP contribution in [0.15, 0.2) is 91.5 Å². The standard InChI is InChI=1S/C26H27N2OPS/c1-2-28-24-16-10-9-15-23(24)27-25(28)26(29)30(31,19-17-21-11-5-3-6-12-21)20-18-22-13-7-4-8-14-22/h2-16,26,29H,1,17-20H2. The molecule has 1 N–H and O–H groups in total. The number of aliphatic hydroxyl groups is 1. The lowest BCUT2D eigenvalue weighted by Gasteiger charge is -2.28. The van der Waals surface area contributed by atoms with Crippen molar-refractivity contribution >= 4 is 35.1 Å². The predicted molar refractivity (Wildman–Crippen MR) is 135 cm³/mol. The zero-order chi connectivity index (χ0) is 21.7. The van der Waals surface area contributed by atoms with Gasteiger partial charge in [-0.3, -0.25) is 0 Å². The van der Waals surface area contributed by atoms with Crippen molar-refractivity contribution in [2.75, 3.05) is 12.3 Å². The van der Waals surface area contributed by atoms with E-state index in [0.717, 1.165) is 36.2 Å². The van der Waals surface area contributed by atoms with Gasteiger partial charge in [0.2, 0.25) is 0 Å². The molecule has 0 saturated heterocycles. The number of hydrogen-bond donors (Lipinski definition) is 1. The number of benzene rings is 3. The molecule has 0 aliphatic carbocycles. The first-order chi connectivity index (χ1) is 15.1. The molecule has 3 nitrogen and oxygen atoms in total. The quantitative estimate of drug-likeness (QED) is 0.316. The molecule has 1 heterocycles. The van der Waals surface area contributed by atoms with Crippen LogP contribution >= 0.6 is 6.04 Å². The van der Waals surface area contributed by atoms with Gasteiger partial charge in [0.1, 0.15) is 11.7 Å². The van der Waals surface area contributed by atoms with Gasteiger partial charge in [-0.25, -0.2) is 4.98 Å². The molecular formula is C26H27N2OPS. The Balaban J connectivity index is 1.67. The molecule has 4 aromatic rings. The Bertz CT molecular complexity index is 1160. The zero-order valence-electron chi connectivity index (χ0n) is 17.5. The molecule has 3 aromatic carbocycles. The van der Waals surface area contributed by atoms with Crippen molar-refractivity contribution in [1.29, 1.82) is 0 Å². The van der Waals surface area contributed by atoms with Crippen molar-refractivity contribution in [2.24, 2.45) is 0 Å². The minimum Gasteiger partial charge on any atom is -0.380 e. The highest BCUT2D eigenvalue weighted by atomic mass is 32.4. The number of hydrogen-bond acceptors (Lipinski definition) is 3. The second-order valence-electron chi connectivity index (χ2n) is 7.76. The highest BCUT2D eigenvalue weighted by Gasteiger charge is 2.31. The van der Waals surface area contributed by atoms with E-state index in [-0.39, 0.29) is 0 Å². The summed E-state index contributed by atoms with van der Waals surface area (Å²) in [5, 5.41) is 11.6. The van der Waals surface area contributed by atoms with E-state index < -0.39 is 11.9 Å². The van der Waals surface area contributed by atoms with Crippen LogP contribution in [-0.2, 0) is 24.6 Å². The molecule has 0 saturated carbocycles. The molecule has 1 unspecified atom stereocenters. The van der Waals surface area contributed by atoms with Crippen LogP contribution in [0.2, 0.25) is 0 Å². The van der Waals surface area contributed by atoms with E-state index in [1.165, 1.54) is 11.1 Å². The Morgan fingerprint density at radius 1 is 0.871 bits per heavy atom. The number of para-hydroxylation sites is 2. The molecule has 1 aromatic heterocycles. The fourth-order valence-corrected chi connectivity index (χ4v) is 7.35. The van der Waals surface area contributed by atoms with Crippen molar-refractivity contribution in [3.63, 3.8) is 0 Å². The van der Waals surface area contributed by atoms with E-state index in [1.807, 2.05) is 41.0 Å². The lowest BCUT2D eigenvalue weighted by Crippen LogP contribution is -2.13. The van der Waals surface area contributed by atoms with Crippen LogP contribution < -0.4 is 0 Å². The van der Waals surface area contributed by atoms with Gasteiger partial charge in [-0.15, -0.1) is 0 Å². The normalized spacial score (nSPS) is 12.7. The van der Waals surface area contributed by atoms with Crippen molar-refractivity contribution in [3.05, 3.63) is 108 Å². The summed E-state index contributed by atoms with van der Waals surface area (Å²) in [5.74, 6) is -0.166. The third-order valence-corrected chi connectivity index (χ3v) is 10.5. The molecule has 0 bridgehead atoms. The molecule has 158 valence electrons. The summed E-state index contributed by atoms with van der Waals surface area (Å²) in [5.41, 5.74) is 4.30. The third kappa shape index (κ3) is 4.88. The Morgan fingerprint density at radius 2 is 1.39 bits per heavy atom.